The van der Waals surface area contributed by atoms with E-state index in [9.17, 15) is 26.4 Å². The van der Waals surface area contributed by atoms with Gasteiger partial charge in [-0.1, -0.05) is 6.92 Å². The van der Waals surface area contributed by atoms with Crippen LogP contribution in [0.1, 0.15) is 26.2 Å². The minimum atomic E-state index is -5.28. The molecule has 0 aliphatic heterocycles. The molecule has 1 rings (SSSR count). The third-order valence-electron chi connectivity index (χ3n) is 2.57. The highest BCUT2D eigenvalue weighted by molar-refractivity contribution is 7.90. The Labute approximate surface area is 91.3 Å². The maximum atomic E-state index is 12.0. The van der Waals surface area contributed by atoms with Crippen LogP contribution in [0.2, 0.25) is 0 Å². The molecule has 94 valence electrons. The largest absolute Gasteiger partial charge is 0.511 e. The second-order valence-corrected chi connectivity index (χ2v) is 5.46. The number of nitrogens with one attached hydrogen (secondary N) is 1. The molecule has 0 aromatic carbocycles. The lowest BCUT2D eigenvalue weighted by Crippen LogP contribution is -2.50. The van der Waals surface area contributed by atoms with E-state index in [1.54, 1.807) is 6.92 Å². The van der Waals surface area contributed by atoms with Crippen LogP contribution in [-0.4, -0.2) is 25.8 Å². The monoisotopic (exact) mass is 259 g/mol. The van der Waals surface area contributed by atoms with Crippen LogP contribution in [0.15, 0.2) is 0 Å². The summed E-state index contributed by atoms with van der Waals surface area (Å²) in [6.45, 7) is 1.66. The van der Waals surface area contributed by atoms with Gasteiger partial charge in [-0.05, 0) is 12.8 Å². The minimum Gasteiger partial charge on any atom is -0.299 e. The third kappa shape index (κ3) is 2.73. The van der Waals surface area contributed by atoms with Crippen LogP contribution in [0.3, 0.4) is 0 Å². The topological polar surface area (TPSA) is 63.2 Å². The zero-order valence-corrected chi connectivity index (χ0v) is 9.36. The van der Waals surface area contributed by atoms with Crippen LogP contribution in [0.25, 0.3) is 0 Å². The molecule has 0 spiro atoms. The highest BCUT2D eigenvalue weighted by atomic mass is 32.2. The van der Waals surface area contributed by atoms with Crippen molar-refractivity contribution >= 4 is 15.8 Å². The number of rotatable bonds is 4. The Morgan fingerprint density at radius 2 is 1.88 bits per heavy atom. The van der Waals surface area contributed by atoms with Gasteiger partial charge in [0.15, 0.2) is 0 Å². The van der Waals surface area contributed by atoms with Gasteiger partial charge in [0.1, 0.15) is 5.78 Å². The van der Waals surface area contributed by atoms with Crippen molar-refractivity contribution in [1.29, 1.82) is 0 Å². The van der Waals surface area contributed by atoms with Gasteiger partial charge in [-0.3, -0.25) is 4.79 Å². The number of ketones is 1. The average Bonchev–Trinajstić information content (AvgIpc) is 2.07. The molecule has 0 aromatic rings. The Kier molecular flexibility index (Phi) is 3.63. The molecule has 0 heterocycles. The van der Waals surface area contributed by atoms with Gasteiger partial charge >= 0.3 is 15.5 Å². The fraction of sp³-hybridized carbons (Fsp3) is 0.875. The van der Waals surface area contributed by atoms with Crippen molar-refractivity contribution in [2.24, 2.45) is 5.92 Å². The van der Waals surface area contributed by atoms with Gasteiger partial charge < -0.3 is 0 Å². The Hall–Kier alpha value is -0.630. The molecule has 0 unspecified atom stereocenters. The summed E-state index contributed by atoms with van der Waals surface area (Å²) < 4.78 is 58.8. The maximum Gasteiger partial charge on any atom is 0.511 e. The summed E-state index contributed by atoms with van der Waals surface area (Å²) in [4.78, 5) is 11.1. The normalized spacial score (nSPS) is 26.2. The van der Waals surface area contributed by atoms with Crippen LogP contribution >= 0.6 is 0 Å². The number of carbonyl (C=O) groups is 1. The van der Waals surface area contributed by atoms with Crippen molar-refractivity contribution in [2.45, 2.75) is 37.7 Å². The molecule has 1 N–H and O–H groups in total. The number of carbonyl (C=O) groups excluding carboxylic acids is 1. The molecule has 0 amide bonds. The van der Waals surface area contributed by atoms with Crippen molar-refractivity contribution < 1.29 is 26.4 Å². The number of halogens is 3. The second-order valence-electron chi connectivity index (χ2n) is 3.75. The van der Waals surface area contributed by atoms with Gasteiger partial charge in [-0.25, -0.2) is 13.1 Å². The average molecular weight is 259 g/mol. The van der Waals surface area contributed by atoms with E-state index in [0.29, 0.717) is 6.42 Å². The first kappa shape index (κ1) is 13.4. The van der Waals surface area contributed by atoms with Crippen LogP contribution in [0.4, 0.5) is 13.2 Å². The van der Waals surface area contributed by atoms with Crippen LogP contribution < -0.4 is 4.72 Å². The third-order valence-corrected chi connectivity index (χ3v) is 3.82. The van der Waals surface area contributed by atoms with E-state index in [0.717, 1.165) is 0 Å². The van der Waals surface area contributed by atoms with E-state index in [1.165, 1.54) is 4.72 Å². The van der Waals surface area contributed by atoms with Gasteiger partial charge in [0.25, 0.3) is 0 Å². The summed E-state index contributed by atoms with van der Waals surface area (Å²) in [5, 5.41) is 0. The van der Waals surface area contributed by atoms with E-state index in [1.807, 2.05) is 0 Å². The van der Waals surface area contributed by atoms with E-state index in [4.69, 9.17) is 0 Å². The summed E-state index contributed by atoms with van der Waals surface area (Å²) in [5.74, 6) is -0.339. The van der Waals surface area contributed by atoms with Crippen LogP contribution in [0, 0.1) is 5.92 Å². The number of Topliss-reactive ketones (excluding diaryl/α,β-unsaturated/α-hetero) is 1. The summed E-state index contributed by atoms with van der Waals surface area (Å²) in [6.07, 6.45) is 0.632. The van der Waals surface area contributed by atoms with Gasteiger partial charge in [-0.2, -0.15) is 13.2 Å². The summed E-state index contributed by atoms with van der Waals surface area (Å²) in [5.41, 5.74) is -5.28. The van der Waals surface area contributed by atoms with Gasteiger partial charge in [0, 0.05) is 18.4 Å². The molecule has 0 saturated heterocycles. The van der Waals surface area contributed by atoms with Crippen molar-refractivity contribution in [2.75, 3.05) is 0 Å². The molecule has 1 fully saturated rings. The Morgan fingerprint density at radius 1 is 1.38 bits per heavy atom. The molecule has 0 aromatic heterocycles. The lowest BCUT2D eigenvalue weighted by Gasteiger charge is -2.34. The predicted molar refractivity (Wildman–Crippen MR) is 49.9 cm³/mol. The quantitative estimate of drug-likeness (QED) is 0.824. The highest BCUT2D eigenvalue weighted by Gasteiger charge is 2.48. The number of alkyl halides is 3. The van der Waals surface area contributed by atoms with Crippen molar-refractivity contribution in [3.8, 4) is 0 Å². The fourth-order valence-corrected chi connectivity index (χ4v) is 2.32. The SMILES string of the molecule is CCC(=O)C1CC(NS(=O)(=O)C(F)(F)F)C1. The smallest absolute Gasteiger partial charge is 0.299 e. The minimum absolute atomic E-state index is 0.0394. The fourth-order valence-electron chi connectivity index (χ4n) is 1.55. The first-order chi connectivity index (χ1) is 7.17. The molecule has 0 bridgehead atoms. The van der Waals surface area contributed by atoms with Gasteiger partial charge in [0.05, 0.1) is 0 Å². The molecular weight excluding hydrogens is 247 g/mol. The summed E-state index contributed by atoms with van der Waals surface area (Å²) in [7, 11) is -5.27. The second kappa shape index (κ2) is 4.33. The molecule has 4 nitrogen and oxygen atoms in total. The highest BCUT2D eigenvalue weighted by Crippen LogP contribution is 2.31. The lowest BCUT2D eigenvalue weighted by atomic mass is 9.77. The van der Waals surface area contributed by atoms with E-state index >= 15 is 0 Å². The van der Waals surface area contributed by atoms with Gasteiger partial charge in [-0.15, -0.1) is 0 Å². The van der Waals surface area contributed by atoms with Crippen molar-refractivity contribution in [3.05, 3.63) is 0 Å². The van der Waals surface area contributed by atoms with E-state index in [2.05, 4.69) is 0 Å². The molecule has 0 radical (unpaired) electrons. The molecule has 0 atom stereocenters. The van der Waals surface area contributed by atoms with E-state index in [-0.39, 0.29) is 24.5 Å². The number of sulfonamides is 1. The molecule has 8 heteroatoms. The Balaban J connectivity index is 2.47. The van der Waals surface area contributed by atoms with Crippen molar-refractivity contribution in [3.63, 3.8) is 0 Å². The number of hydrogen-bond donors (Lipinski definition) is 1. The first-order valence-corrected chi connectivity index (χ1v) is 6.27. The van der Waals surface area contributed by atoms with E-state index < -0.39 is 21.6 Å². The molecule has 1 aliphatic carbocycles. The standard InChI is InChI=1S/C8H12F3NO3S/c1-2-7(13)5-3-6(4-5)12-16(14,15)8(9,10)11/h5-6,12H,2-4H2,1H3. The van der Waals surface area contributed by atoms with Crippen LogP contribution in [0.5, 0.6) is 0 Å². The first-order valence-electron chi connectivity index (χ1n) is 4.78. The molecule has 16 heavy (non-hydrogen) atoms. The summed E-state index contributed by atoms with van der Waals surface area (Å²) in [6, 6.07) is -0.771. The zero-order valence-electron chi connectivity index (χ0n) is 8.54. The summed E-state index contributed by atoms with van der Waals surface area (Å²) >= 11 is 0. The van der Waals surface area contributed by atoms with Gasteiger partial charge in [0.2, 0.25) is 0 Å². The lowest BCUT2D eigenvalue weighted by molar-refractivity contribution is -0.125. The molecule has 1 aliphatic rings. The van der Waals surface area contributed by atoms with Crippen LogP contribution in [-0.2, 0) is 14.8 Å². The Bertz CT molecular complexity index is 370. The van der Waals surface area contributed by atoms with Crippen molar-refractivity contribution in [1.82, 2.24) is 4.72 Å². The predicted octanol–water partition coefficient (Wildman–Crippen LogP) is 1.18. The molecular formula is C8H12F3NO3S. The maximum absolute atomic E-state index is 12.0. The number of hydrogen-bond acceptors (Lipinski definition) is 3. The Morgan fingerprint density at radius 3 is 2.25 bits per heavy atom. The molecule has 1 saturated carbocycles. The zero-order chi connectivity index (χ0) is 12.6.